The molecule has 0 radical (unpaired) electrons. The van der Waals surface area contributed by atoms with Gasteiger partial charge in [-0.2, -0.15) is 0 Å². The van der Waals surface area contributed by atoms with Gasteiger partial charge in [0.25, 0.3) is 0 Å². The molecule has 6 rings (SSSR count). The third-order valence-corrected chi connectivity index (χ3v) is 26.5. The van der Waals surface area contributed by atoms with Crippen molar-refractivity contribution in [2.24, 2.45) is 0 Å². The van der Waals surface area contributed by atoms with E-state index in [2.05, 4.69) is 119 Å². The van der Waals surface area contributed by atoms with E-state index in [1.54, 1.807) is 22.3 Å². The average molecular weight is 610 g/mol. The molecule has 4 aromatic carbocycles. The molecule has 0 aromatic heterocycles. The predicted molar refractivity (Wildman–Crippen MR) is 151 cm³/mol. The second-order valence-corrected chi connectivity index (χ2v) is 26.3. The van der Waals surface area contributed by atoms with Gasteiger partial charge in [0, 0.05) is 0 Å². The van der Waals surface area contributed by atoms with E-state index in [9.17, 15) is 0 Å². The van der Waals surface area contributed by atoms with Crippen molar-refractivity contribution >= 4 is 40.3 Å². The Balaban J connectivity index is 0.000000690. The molecule has 0 fully saturated rings. The largest absolute Gasteiger partial charge is 1.00 e. The number of hydrogen-bond acceptors (Lipinski definition) is 0. The molecule has 0 heterocycles. The second-order valence-electron chi connectivity index (χ2n) is 9.86. The van der Waals surface area contributed by atoms with Crippen LogP contribution in [-0.2, 0) is 20.9 Å². The van der Waals surface area contributed by atoms with Gasteiger partial charge in [0.2, 0.25) is 0 Å². The van der Waals surface area contributed by atoms with Gasteiger partial charge in [-0.25, -0.2) is 0 Å². The first-order chi connectivity index (χ1) is 16.6. The smallest absolute Gasteiger partial charge is 1.00 e. The zero-order chi connectivity index (χ0) is 23.8. The van der Waals surface area contributed by atoms with Crippen molar-refractivity contribution in [1.29, 1.82) is 0 Å². The van der Waals surface area contributed by atoms with Gasteiger partial charge in [-0.05, 0) is 0 Å². The molecular formula is C32H35Cl2SiZr. The predicted octanol–water partition coefficient (Wildman–Crippen LogP) is 2.78. The SMILES string of the molecule is CCC.C[SiH2][Zr+2]([CH]1C(C)=Cc2c1ccc1ccccc21)[CH]1C(C)=Cc2c1ccc1ccccc21.[Cl-].[Cl-]. The van der Waals surface area contributed by atoms with E-state index < -0.39 is 20.9 Å². The molecule has 0 nitrogen and oxygen atoms in total. The zero-order valence-electron chi connectivity index (χ0n) is 21.9. The Morgan fingerprint density at radius 3 is 1.42 bits per heavy atom. The van der Waals surface area contributed by atoms with Crippen LogP contribution in [0.15, 0.2) is 83.9 Å². The maximum absolute atomic E-state index is 2.60. The molecule has 185 valence electrons. The summed E-state index contributed by atoms with van der Waals surface area (Å²) in [5, 5.41) is 5.62. The van der Waals surface area contributed by atoms with Crippen molar-refractivity contribution in [1.82, 2.24) is 0 Å². The molecule has 2 unspecified atom stereocenters. The molecular weight excluding hydrogens is 575 g/mol. The van der Waals surface area contributed by atoms with Crippen LogP contribution in [0, 0.1) is 0 Å². The molecule has 2 atom stereocenters. The second kappa shape index (κ2) is 12.4. The average Bonchev–Trinajstić information content (AvgIpc) is 3.37. The minimum atomic E-state index is -1.80. The van der Waals surface area contributed by atoms with Crippen LogP contribution >= 0.6 is 0 Å². The Labute approximate surface area is 238 Å². The van der Waals surface area contributed by atoms with Gasteiger partial charge in [-0.15, -0.1) is 0 Å². The van der Waals surface area contributed by atoms with Gasteiger partial charge >= 0.3 is 195 Å². The number of allylic oxidation sites excluding steroid dienone is 2. The first-order valence-corrected chi connectivity index (χ1v) is 23.0. The van der Waals surface area contributed by atoms with Crippen LogP contribution in [0.2, 0.25) is 6.55 Å². The number of benzene rings is 4. The number of hydrogen-bond donors (Lipinski definition) is 0. The summed E-state index contributed by atoms with van der Waals surface area (Å²) in [7, 11) is 0. The monoisotopic (exact) mass is 607 g/mol. The topological polar surface area (TPSA) is 0 Å². The maximum atomic E-state index is 2.60. The van der Waals surface area contributed by atoms with Crippen molar-refractivity contribution in [2.75, 3.05) is 0 Å². The van der Waals surface area contributed by atoms with E-state index in [1.165, 1.54) is 39.1 Å². The van der Waals surface area contributed by atoms with E-state index in [0.29, 0.717) is 0 Å². The third-order valence-electron chi connectivity index (χ3n) is 7.44. The van der Waals surface area contributed by atoms with Crippen LogP contribution in [0.5, 0.6) is 0 Å². The summed E-state index contributed by atoms with van der Waals surface area (Å²) >= 11 is -1.80. The van der Waals surface area contributed by atoms with Crippen LogP contribution in [-0.4, -0.2) is 6.65 Å². The van der Waals surface area contributed by atoms with Crippen LogP contribution in [0.3, 0.4) is 0 Å². The third kappa shape index (κ3) is 5.00. The molecule has 4 aromatic rings. The van der Waals surface area contributed by atoms with Crippen LogP contribution in [0.4, 0.5) is 0 Å². The normalized spacial score (nSPS) is 17.5. The Bertz CT molecular complexity index is 1330. The van der Waals surface area contributed by atoms with Crippen LogP contribution in [0.1, 0.15) is 63.6 Å². The first kappa shape index (κ1) is 29.1. The maximum Gasteiger partial charge on any atom is -1.00 e. The summed E-state index contributed by atoms with van der Waals surface area (Å²) in [6.07, 6.45) is 6.31. The van der Waals surface area contributed by atoms with Crippen molar-refractivity contribution in [2.45, 2.75) is 47.9 Å². The molecule has 0 bridgehead atoms. The Hall–Kier alpha value is -1.44. The number of fused-ring (bicyclic) bond motifs is 6. The summed E-state index contributed by atoms with van der Waals surface area (Å²) in [5.41, 5.74) is 9.58. The van der Waals surface area contributed by atoms with E-state index in [0.717, 1.165) is 7.25 Å². The van der Waals surface area contributed by atoms with E-state index in [4.69, 9.17) is 0 Å². The van der Waals surface area contributed by atoms with Gasteiger partial charge in [-0.1, -0.05) is 20.3 Å². The van der Waals surface area contributed by atoms with Crippen molar-refractivity contribution in [3.8, 4) is 0 Å². The van der Waals surface area contributed by atoms with Crippen molar-refractivity contribution < 1.29 is 45.7 Å². The fraction of sp³-hybridized carbons (Fsp3) is 0.250. The number of halogens is 2. The molecule has 36 heavy (non-hydrogen) atoms. The van der Waals surface area contributed by atoms with Gasteiger partial charge in [-0.3, -0.25) is 0 Å². The molecule has 0 aliphatic heterocycles. The Kier molecular flexibility index (Phi) is 10.0. The summed E-state index contributed by atoms with van der Waals surface area (Å²) in [5.74, 6) is 0. The standard InChI is InChI=1S/2C14H11.C3H8.CH5Si.2ClH.Zr/c2*1-10-8-12-7-6-11-4-2-3-5-13(11)14(12)9-10;1-3-2;1-2;;;/h2*2-9H,1H3;3H2,1-2H3;2H2,1H3;2*1H;/q;;;;;;+2/p-2. The van der Waals surface area contributed by atoms with Gasteiger partial charge in [0.05, 0.1) is 0 Å². The van der Waals surface area contributed by atoms with Gasteiger partial charge in [0.15, 0.2) is 0 Å². The minimum Gasteiger partial charge on any atom is -1.00 e. The molecule has 2 aliphatic rings. The van der Waals surface area contributed by atoms with Gasteiger partial charge in [0.1, 0.15) is 0 Å². The molecule has 2 aliphatic carbocycles. The van der Waals surface area contributed by atoms with Crippen molar-refractivity contribution in [3.05, 3.63) is 106 Å². The van der Waals surface area contributed by atoms with E-state index in [1.807, 2.05) is 0 Å². The molecule has 0 spiro atoms. The molecule has 0 N–H and O–H groups in total. The minimum absolute atomic E-state index is 0. The molecule has 0 saturated carbocycles. The quantitative estimate of drug-likeness (QED) is 0.314. The fourth-order valence-electron chi connectivity index (χ4n) is 6.12. The summed E-state index contributed by atoms with van der Waals surface area (Å²) in [6.45, 7) is 11.6. The van der Waals surface area contributed by atoms with Crippen LogP contribution in [0.25, 0.3) is 33.7 Å². The Morgan fingerprint density at radius 2 is 1.03 bits per heavy atom. The summed E-state index contributed by atoms with van der Waals surface area (Å²) < 4.78 is 1.48. The molecule has 4 heteroatoms. The van der Waals surface area contributed by atoms with Crippen molar-refractivity contribution in [3.63, 3.8) is 0 Å². The molecule has 0 saturated heterocycles. The number of rotatable bonds is 3. The van der Waals surface area contributed by atoms with Gasteiger partial charge < -0.3 is 24.8 Å². The molecule has 0 amide bonds. The first-order valence-electron chi connectivity index (χ1n) is 12.8. The zero-order valence-corrected chi connectivity index (χ0v) is 27.3. The van der Waals surface area contributed by atoms with E-state index >= 15 is 0 Å². The fourth-order valence-corrected chi connectivity index (χ4v) is 26.7. The van der Waals surface area contributed by atoms with Crippen LogP contribution < -0.4 is 24.8 Å². The Morgan fingerprint density at radius 1 is 0.639 bits per heavy atom. The van der Waals surface area contributed by atoms with E-state index in [-0.39, 0.29) is 31.5 Å². The summed E-state index contributed by atoms with van der Waals surface area (Å²) in [4.78, 5) is 0. The summed E-state index contributed by atoms with van der Waals surface area (Å²) in [6, 6.07) is 27.5.